The number of furan rings is 1. The van der Waals surface area contributed by atoms with Gasteiger partial charge in [0.25, 0.3) is 0 Å². The van der Waals surface area contributed by atoms with Gasteiger partial charge in [-0.1, -0.05) is 146 Å². The molecule has 0 saturated heterocycles. The third-order valence-electron chi connectivity index (χ3n) is 10.2. The second kappa shape index (κ2) is 12.5. The summed E-state index contributed by atoms with van der Waals surface area (Å²) < 4.78 is 6.31. The Labute approximate surface area is 302 Å². The van der Waals surface area contributed by atoms with Gasteiger partial charge in [0.05, 0.1) is 0 Å². The molecular formula is C50H33NO. The molecule has 2 heteroatoms. The predicted octanol–water partition coefficient (Wildman–Crippen LogP) is 14.4. The Morgan fingerprint density at radius 2 is 0.865 bits per heavy atom. The fraction of sp³-hybridized carbons (Fsp3) is 0. The zero-order chi connectivity index (χ0) is 34.4. The van der Waals surface area contributed by atoms with E-state index >= 15 is 0 Å². The summed E-state index contributed by atoms with van der Waals surface area (Å²) in [5.74, 6) is 0.873. The minimum atomic E-state index is 0.873. The molecule has 0 amide bonds. The number of hydrogen-bond donors (Lipinski definition) is 0. The molecule has 10 rings (SSSR count). The summed E-state index contributed by atoms with van der Waals surface area (Å²) in [5.41, 5.74) is 9.94. The molecule has 52 heavy (non-hydrogen) atoms. The highest BCUT2D eigenvalue weighted by atomic mass is 16.3. The number of fused-ring (bicyclic) bond motifs is 5. The number of anilines is 3. The normalized spacial score (nSPS) is 11.5. The van der Waals surface area contributed by atoms with Gasteiger partial charge >= 0.3 is 0 Å². The Morgan fingerprint density at radius 1 is 0.308 bits per heavy atom. The van der Waals surface area contributed by atoms with Crippen LogP contribution in [0.4, 0.5) is 17.1 Å². The molecule has 0 aliphatic carbocycles. The van der Waals surface area contributed by atoms with Crippen LogP contribution in [0.1, 0.15) is 0 Å². The maximum atomic E-state index is 6.31. The van der Waals surface area contributed by atoms with Gasteiger partial charge in [0.2, 0.25) is 0 Å². The monoisotopic (exact) mass is 663 g/mol. The number of nitrogens with zero attached hydrogens (tertiary/aromatic N) is 1. The molecule has 0 fully saturated rings. The Morgan fingerprint density at radius 3 is 1.65 bits per heavy atom. The van der Waals surface area contributed by atoms with E-state index in [4.69, 9.17) is 4.42 Å². The first kappa shape index (κ1) is 30.0. The first-order valence-corrected chi connectivity index (χ1v) is 17.7. The molecule has 0 unspecified atom stereocenters. The van der Waals surface area contributed by atoms with Crippen LogP contribution in [-0.4, -0.2) is 0 Å². The average Bonchev–Trinajstić information content (AvgIpc) is 3.66. The largest absolute Gasteiger partial charge is 0.456 e. The van der Waals surface area contributed by atoms with Crippen LogP contribution in [-0.2, 0) is 0 Å². The van der Waals surface area contributed by atoms with Crippen LogP contribution >= 0.6 is 0 Å². The summed E-state index contributed by atoms with van der Waals surface area (Å²) in [5, 5.41) is 8.59. The highest BCUT2D eigenvalue weighted by Gasteiger charge is 2.16. The summed E-state index contributed by atoms with van der Waals surface area (Å²) in [7, 11) is 0. The lowest BCUT2D eigenvalue weighted by Crippen LogP contribution is -2.09. The minimum absolute atomic E-state index is 0.873. The van der Waals surface area contributed by atoms with E-state index in [0.29, 0.717) is 0 Å². The van der Waals surface area contributed by atoms with Crippen molar-refractivity contribution in [3.05, 3.63) is 200 Å². The number of para-hydroxylation sites is 1. The number of rotatable bonds is 6. The second-order valence-electron chi connectivity index (χ2n) is 13.4. The molecule has 244 valence electrons. The number of hydrogen-bond acceptors (Lipinski definition) is 2. The van der Waals surface area contributed by atoms with Gasteiger partial charge in [-0.2, -0.15) is 0 Å². The zero-order valence-corrected chi connectivity index (χ0v) is 28.4. The van der Waals surface area contributed by atoms with Crippen LogP contribution in [0.25, 0.3) is 76.9 Å². The first-order chi connectivity index (χ1) is 25.7. The van der Waals surface area contributed by atoms with Crippen LogP contribution in [0, 0.1) is 0 Å². The lowest BCUT2D eigenvalue weighted by atomic mass is 9.97. The summed E-state index contributed by atoms with van der Waals surface area (Å²) in [6.45, 7) is 0. The smallest absolute Gasteiger partial charge is 0.136 e. The fourth-order valence-electron chi connectivity index (χ4n) is 7.61. The van der Waals surface area contributed by atoms with Crippen molar-refractivity contribution >= 4 is 60.3 Å². The average molecular weight is 664 g/mol. The molecule has 0 atom stereocenters. The lowest BCUT2D eigenvalue weighted by molar-refractivity contribution is 0.632. The third-order valence-corrected chi connectivity index (χ3v) is 10.2. The van der Waals surface area contributed by atoms with Gasteiger partial charge in [-0.3, -0.25) is 0 Å². The SMILES string of the molecule is c1ccc(-c2cc3ccccc3o2)c(-c2ccc(N(c3ccc(-c4ccc5ccccc5c4)cc3)c3ccc4c(ccc5ccccc54)c3)cc2)c1. The molecule has 0 radical (unpaired) electrons. The van der Waals surface area contributed by atoms with Gasteiger partial charge in [-0.25, -0.2) is 0 Å². The van der Waals surface area contributed by atoms with Gasteiger partial charge in [0.15, 0.2) is 0 Å². The Bertz CT molecular complexity index is 2870. The van der Waals surface area contributed by atoms with E-state index in [-0.39, 0.29) is 0 Å². The van der Waals surface area contributed by atoms with Crippen molar-refractivity contribution in [1.29, 1.82) is 0 Å². The van der Waals surface area contributed by atoms with Gasteiger partial charge in [-0.15, -0.1) is 0 Å². The van der Waals surface area contributed by atoms with E-state index in [1.807, 2.05) is 18.2 Å². The Balaban J connectivity index is 1.06. The van der Waals surface area contributed by atoms with Crippen LogP contribution < -0.4 is 4.90 Å². The van der Waals surface area contributed by atoms with Crippen molar-refractivity contribution in [1.82, 2.24) is 0 Å². The van der Waals surface area contributed by atoms with E-state index in [2.05, 4.69) is 187 Å². The molecule has 0 aliphatic heterocycles. The van der Waals surface area contributed by atoms with Crippen LogP contribution in [0.3, 0.4) is 0 Å². The third kappa shape index (κ3) is 5.30. The van der Waals surface area contributed by atoms with Crippen LogP contribution in [0.15, 0.2) is 205 Å². The van der Waals surface area contributed by atoms with Crippen molar-refractivity contribution in [3.63, 3.8) is 0 Å². The standard InChI is InChI=1S/C50H33NO/c1-2-11-38-31-39(19-17-34(38)9-1)35-21-25-42(26-22-35)51(44-29-30-47-40(32-44)20-18-36-10-3-5-13-45(36)47)43-27-23-37(24-28-43)46-14-6-7-15-48(46)50-33-41-12-4-8-16-49(41)52-50/h1-33H. The Hall–Kier alpha value is -6.90. The molecule has 0 N–H and O–H groups in total. The summed E-state index contributed by atoms with van der Waals surface area (Å²) in [6.07, 6.45) is 0. The Kier molecular flexibility index (Phi) is 7.18. The molecule has 10 aromatic rings. The van der Waals surface area contributed by atoms with E-state index in [1.165, 1.54) is 43.4 Å². The van der Waals surface area contributed by atoms with Crippen LogP contribution in [0.5, 0.6) is 0 Å². The summed E-state index contributed by atoms with van der Waals surface area (Å²) in [4.78, 5) is 2.35. The van der Waals surface area contributed by atoms with Gasteiger partial charge in [0, 0.05) is 28.0 Å². The molecule has 0 saturated carbocycles. The van der Waals surface area contributed by atoms with Crippen molar-refractivity contribution in [2.45, 2.75) is 0 Å². The number of benzene rings is 9. The highest BCUT2D eigenvalue weighted by molar-refractivity contribution is 6.08. The maximum absolute atomic E-state index is 6.31. The summed E-state index contributed by atoms with van der Waals surface area (Å²) >= 11 is 0. The molecule has 2 nitrogen and oxygen atoms in total. The van der Waals surface area contributed by atoms with E-state index in [9.17, 15) is 0 Å². The maximum Gasteiger partial charge on any atom is 0.136 e. The van der Waals surface area contributed by atoms with Crippen molar-refractivity contribution in [3.8, 4) is 33.6 Å². The summed E-state index contributed by atoms with van der Waals surface area (Å²) in [6, 6.07) is 71.8. The van der Waals surface area contributed by atoms with Crippen molar-refractivity contribution < 1.29 is 4.42 Å². The zero-order valence-electron chi connectivity index (χ0n) is 28.4. The van der Waals surface area contributed by atoms with Gasteiger partial charge in [0.1, 0.15) is 11.3 Å². The van der Waals surface area contributed by atoms with E-state index in [1.54, 1.807) is 0 Å². The topological polar surface area (TPSA) is 16.4 Å². The first-order valence-electron chi connectivity index (χ1n) is 17.7. The van der Waals surface area contributed by atoms with Crippen LogP contribution in [0.2, 0.25) is 0 Å². The second-order valence-corrected chi connectivity index (χ2v) is 13.4. The van der Waals surface area contributed by atoms with Crippen molar-refractivity contribution in [2.24, 2.45) is 0 Å². The van der Waals surface area contributed by atoms with Gasteiger partial charge < -0.3 is 9.32 Å². The molecule has 0 spiro atoms. The molecule has 0 aliphatic rings. The molecule has 1 aromatic heterocycles. The molecular weight excluding hydrogens is 631 g/mol. The predicted molar refractivity (Wildman–Crippen MR) is 220 cm³/mol. The highest BCUT2D eigenvalue weighted by Crippen LogP contribution is 2.41. The van der Waals surface area contributed by atoms with E-state index < -0.39 is 0 Å². The molecule has 1 heterocycles. The fourth-order valence-corrected chi connectivity index (χ4v) is 7.61. The quantitative estimate of drug-likeness (QED) is 0.165. The lowest BCUT2D eigenvalue weighted by Gasteiger charge is -2.26. The molecule has 9 aromatic carbocycles. The van der Waals surface area contributed by atoms with Crippen molar-refractivity contribution in [2.75, 3.05) is 4.90 Å². The van der Waals surface area contributed by atoms with Gasteiger partial charge in [-0.05, 0) is 109 Å². The minimum Gasteiger partial charge on any atom is -0.456 e. The molecule has 0 bridgehead atoms. The van der Waals surface area contributed by atoms with E-state index in [0.717, 1.165) is 50.5 Å².